The molecule has 0 unspecified atom stereocenters. The number of aryl methyl sites for hydroxylation is 1. The average Bonchev–Trinajstić information content (AvgIpc) is 2.56. The highest BCUT2D eigenvalue weighted by Crippen LogP contribution is 2.25. The van der Waals surface area contributed by atoms with E-state index in [2.05, 4.69) is 0 Å². The molecule has 0 saturated carbocycles. The van der Waals surface area contributed by atoms with E-state index in [1.807, 2.05) is 13.0 Å². The Labute approximate surface area is 148 Å². The summed E-state index contributed by atoms with van der Waals surface area (Å²) in [6.07, 6.45) is -4.53. The molecule has 2 rings (SSSR count). The first-order valence-electron chi connectivity index (χ1n) is 7.45. The molecular formula is C17H16F3NO4S. The summed E-state index contributed by atoms with van der Waals surface area (Å²) in [7, 11) is -4.14. The van der Waals surface area contributed by atoms with Crippen LogP contribution >= 0.6 is 0 Å². The lowest BCUT2D eigenvalue weighted by Gasteiger charge is -2.11. The van der Waals surface area contributed by atoms with E-state index in [-0.39, 0.29) is 16.2 Å². The first-order chi connectivity index (χ1) is 12.0. The highest BCUT2D eigenvalue weighted by molar-refractivity contribution is 7.87. The number of rotatable bonds is 5. The minimum Gasteiger partial charge on any atom is -0.379 e. The molecule has 0 aliphatic heterocycles. The quantitative estimate of drug-likeness (QED) is 0.799. The minimum atomic E-state index is -4.53. The van der Waals surface area contributed by atoms with Gasteiger partial charge in [-0.2, -0.15) is 21.6 Å². The van der Waals surface area contributed by atoms with Gasteiger partial charge in [-0.3, -0.25) is 4.79 Å². The van der Waals surface area contributed by atoms with Crippen LogP contribution in [0.2, 0.25) is 0 Å². The highest BCUT2D eigenvalue weighted by Gasteiger charge is 2.28. The van der Waals surface area contributed by atoms with Crippen molar-refractivity contribution in [3.05, 3.63) is 59.2 Å². The Balaban J connectivity index is 2.16. The Morgan fingerprint density at radius 3 is 2.27 bits per heavy atom. The summed E-state index contributed by atoms with van der Waals surface area (Å²) in [6, 6.07) is 9.41. The van der Waals surface area contributed by atoms with Gasteiger partial charge in [0.05, 0.1) is 0 Å². The molecule has 0 saturated heterocycles. The fourth-order valence-corrected chi connectivity index (χ4v) is 3.02. The van der Waals surface area contributed by atoms with Gasteiger partial charge in [0.25, 0.3) is 5.91 Å². The van der Waals surface area contributed by atoms with Gasteiger partial charge in [-0.1, -0.05) is 12.1 Å². The molecule has 0 spiro atoms. The van der Waals surface area contributed by atoms with Crippen molar-refractivity contribution in [3.8, 4) is 5.75 Å². The van der Waals surface area contributed by atoms with E-state index in [0.29, 0.717) is 5.56 Å². The third kappa shape index (κ3) is 4.98. The highest BCUT2D eigenvalue weighted by atomic mass is 32.2. The van der Waals surface area contributed by atoms with E-state index in [1.54, 1.807) is 18.3 Å². The number of halogens is 3. The van der Waals surface area contributed by atoms with Crippen LogP contribution in [0.25, 0.3) is 0 Å². The first-order valence-corrected chi connectivity index (χ1v) is 8.86. The molecule has 0 aliphatic carbocycles. The van der Waals surface area contributed by atoms with E-state index in [9.17, 15) is 26.4 Å². The third-order valence-corrected chi connectivity index (χ3v) is 4.86. The van der Waals surface area contributed by atoms with Crippen LogP contribution in [-0.2, 0) is 10.1 Å². The van der Waals surface area contributed by atoms with Gasteiger partial charge in [-0.25, -0.2) is 0 Å². The van der Waals surface area contributed by atoms with Gasteiger partial charge in [-0.15, -0.1) is 0 Å². The van der Waals surface area contributed by atoms with Crippen LogP contribution in [0.4, 0.5) is 13.2 Å². The zero-order valence-corrected chi connectivity index (χ0v) is 14.7. The van der Waals surface area contributed by atoms with E-state index in [0.717, 1.165) is 29.8 Å². The van der Waals surface area contributed by atoms with Crippen molar-refractivity contribution in [1.29, 1.82) is 0 Å². The molecule has 140 valence electrons. The van der Waals surface area contributed by atoms with Crippen molar-refractivity contribution < 1.29 is 30.6 Å². The minimum absolute atomic E-state index is 0.0973. The average molecular weight is 387 g/mol. The summed E-state index contributed by atoms with van der Waals surface area (Å²) in [5.41, 5.74) is 1.42. The normalized spacial score (nSPS) is 11.9. The lowest BCUT2D eigenvalue weighted by atomic mass is 10.1. The second-order valence-electron chi connectivity index (χ2n) is 5.56. The SMILES string of the molecule is Cc1cccc(OS(=O)(=O)c2ccc(C(=O)NCC(F)(F)F)cc2)c1C. The molecule has 0 atom stereocenters. The Morgan fingerprint density at radius 1 is 1.08 bits per heavy atom. The van der Waals surface area contributed by atoms with Gasteiger partial charge in [0.2, 0.25) is 0 Å². The maximum Gasteiger partial charge on any atom is 0.405 e. The standard InChI is InChI=1S/C17H16F3NO4S/c1-11-4-3-5-15(12(11)2)25-26(23,24)14-8-6-13(7-9-14)16(22)21-10-17(18,19)20/h3-9H,10H2,1-2H3,(H,21,22). The molecule has 5 nitrogen and oxygen atoms in total. The number of hydrogen-bond donors (Lipinski definition) is 1. The summed E-state index contributed by atoms with van der Waals surface area (Å²) in [6.45, 7) is 2.05. The van der Waals surface area contributed by atoms with Gasteiger partial charge < -0.3 is 9.50 Å². The largest absolute Gasteiger partial charge is 0.405 e. The number of amides is 1. The Bertz CT molecular complexity index is 907. The van der Waals surface area contributed by atoms with Crippen molar-refractivity contribution in [2.45, 2.75) is 24.9 Å². The van der Waals surface area contributed by atoms with E-state index < -0.39 is 28.7 Å². The second kappa shape index (κ2) is 7.36. The van der Waals surface area contributed by atoms with Crippen LogP contribution in [0.15, 0.2) is 47.4 Å². The van der Waals surface area contributed by atoms with Crippen molar-refractivity contribution >= 4 is 16.0 Å². The summed E-state index contributed by atoms with van der Waals surface area (Å²) < 4.78 is 66.1. The van der Waals surface area contributed by atoms with Crippen molar-refractivity contribution in [3.63, 3.8) is 0 Å². The summed E-state index contributed by atoms with van der Waals surface area (Å²) in [4.78, 5) is 11.4. The third-order valence-electron chi connectivity index (χ3n) is 3.61. The summed E-state index contributed by atoms with van der Waals surface area (Å²) in [5, 5.41) is 1.71. The first kappa shape index (κ1) is 19.8. The molecular weight excluding hydrogens is 371 g/mol. The van der Waals surface area contributed by atoms with Crippen LogP contribution in [0.5, 0.6) is 5.75 Å². The molecule has 2 aromatic rings. The molecule has 0 aliphatic rings. The molecule has 1 amide bonds. The number of benzene rings is 2. The Hall–Kier alpha value is -2.55. The zero-order valence-electron chi connectivity index (χ0n) is 13.9. The number of hydrogen-bond acceptors (Lipinski definition) is 4. The maximum absolute atomic E-state index is 12.3. The van der Waals surface area contributed by atoms with Gasteiger partial charge in [0.15, 0.2) is 0 Å². The number of alkyl halides is 3. The number of nitrogens with one attached hydrogen (secondary N) is 1. The molecule has 0 bridgehead atoms. The lowest BCUT2D eigenvalue weighted by Crippen LogP contribution is -2.33. The van der Waals surface area contributed by atoms with Crippen molar-refractivity contribution in [2.24, 2.45) is 0 Å². The molecule has 2 aromatic carbocycles. The molecule has 0 aromatic heterocycles. The Kier molecular flexibility index (Phi) is 5.60. The predicted octanol–water partition coefficient (Wildman–Crippen LogP) is 3.36. The van der Waals surface area contributed by atoms with Gasteiger partial charge in [0, 0.05) is 5.56 Å². The monoisotopic (exact) mass is 387 g/mol. The number of carbonyl (C=O) groups excluding carboxylic acids is 1. The number of carbonyl (C=O) groups is 1. The van der Waals surface area contributed by atoms with Crippen molar-refractivity contribution in [1.82, 2.24) is 5.32 Å². The smallest absolute Gasteiger partial charge is 0.379 e. The molecule has 0 fully saturated rings. The van der Waals surface area contributed by atoms with Crippen LogP contribution in [0, 0.1) is 13.8 Å². The van der Waals surface area contributed by atoms with Crippen LogP contribution in [0.1, 0.15) is 21.5 Å². The molecule has 1 N–H and O–H groups in total. The second-order valence-corrected chi connectivity index (χ2v) is 7.10. The maximum atomic E-state index is 12.3. The van der Waals surface area contributed by atoms with Crippen LogP contribution in [-0.4, -0.2) is 27.0 Å². The van der Waals surface area contributed by atoms with Gasteiger partial charge in [0.1, 0.15) is 17.2 Å². The van der Waals surface area contributed by atoms with Gasteiger partial charge >= 0.3 is 16.3 Å². The van der Waals surface area contributed by atoms with Gasteiger partial charge in [-0.05, 0) is 55.3 Å². The topological polar surface area (TPSA) is 72.5 Å². The van der Waals surface area contributed by atoms with Crippen LogP contribution in [0.3, 0.4) is 0 Å². The fourth-order valence-electron chi connectivity index (χ4n) is 2.04. The Morgan fingerprint density at radius 2 is 1.69 bits per heavy atom. The van der Waals surface area contributed by atoms with E-state index >= 15 is 0 Å². The van der Waals surface area contributed by atoms with E-state index in [1.165, 1.54) is 6.07 Å². The van der Waals surface area contributed by atoms with Crippen molar-refractivity contribution in [2.75, 3.05) is 6.54 Å². The van der Waals surface area contributed by atoms with Crippen LogP contribution < -0.4 is 9.50 Å². The summed E-state index contributed by atoms with van der Waals surface area (Å²) in [5.74, 6) is -0.779. The van der Waals surface area contributed by atoms with E-state index in [4.69, 9.17) is 4.18 Å². The predicted molar refractivity (Wildman–Crippen MR) is 88.6 cm³/mol. The molecule has 0 radical (unpaired) electrons. The molecule has 0 heterocycles. The molecule has 9 heteroatoms. The lowest BCUT2D eigenvalue weighted by molar-refractivity contribution is -0.123. The zero-order chi connectivity index (χ0) is 19.5. The fraction of sp³-hybridized carbons (Fsp3) is 0.235. The molecule has 26 heavy (non-hydrogen) atoms. The summed E-state index contributed by atoms with van der Waals surface area (Å²) >= 11 is 0.